The largest absolute Gasteiger partial charge is 0.350 e. The lowest BCUT2D eigenvalue weighted by Crippen LogP contribution is -2.24. The highest BCUT2D eigenvalue weighted by atomic mass is 32.1. The number of pyridine rings is 1. The Bertz CT molecular complexity index is 772. The summed E-state index contributed by atoms with van der Waals surface area (Å²) in [7, 11) is 0. The molecule has 7 heteroatoms. The summed E-state index contributed by atoms with van der Waals surface area (Å²) in [6.07, 6.45) is 11.1. The molecule has 0 aromatic carbocycles. The standard InChI is InChI=1S/C17H17N5OS/c1-2-3-7-17(21-22-17)8-4-15(23)19-11-16-20-14(12-24-16)13-5-9-18-10-6-13/h1,5-6,9-10,12H,3-4,7-8,11H2,(H,19,23). The lowest BCUT2D eigenvalue weighted by molar-refractivity contribution is -0.121. The molecule has 1 aliphatic heterocycles. The predicted molar refractivity (Wildman–Crippen MR) is 92.1 cm³/mol. The molecule has 0 unspecified atom stereocenters. The highest BCUT2D eigenvalue weighted by molar-refractivity contribution is 7.09. The van der Waals surface area contributed by atoms with Crippen molar-refractivity contribution in [2.45, 2.75) is 37.9 Å². The van der Waals surface area contributed by atoms with Crippen LogP contribution in [0.2, 0.25) is 0 Å². The van der Waals surface area contributed by atoms with E-state index in [1.807, 2.05) is 17.5 Å². The van der Waals surface area contributed by atoms with Crippen LogP contribution < -0.4 is 5.32 Å². The zero-order valence-corrected chi connectivity index (χ0v) is 13.9. The van der Waals surface area contributed by atoms with Crippen LogP contribution in [0.15, 0.2) is 40.1 Å². The number of aromatic nitrogens is 2. The first-order chi connectivity index (χ1) is 11.7. The first-order valence-corrected chi connectivity index (χ1v) is 8.58. The summed E-state index contributed by atoms with van der Waals surface area (Å²) in [5, 5.41) is 13.8. The fraction of sp³-hybridized carbons (Fsp3) is 0.353. The van der Waals surface area contributed by atoms with E-state index < -0.39 is 5.66 Å². The number of hydrogen-bond acceptors (Lipinski definition) is 6. The van der Waals surface area contributed by atoms with Crippen molar-refractivity contribution in [1.29, 1.82) is 0 Å². The first kappa shape index (κ1) is 16.3. The molecule has 122 valence electrons. The van der Waals surface area contributed by atoms with Gasteiger partial charge in [0.05, 0.1) is 12.2 Å². The van der Waals surface area contributed by atoms with Crippen LogP contribution in [0.5, 0.6) is 0 Å². The third kappa shape index (κ3) is 4.24. The maximum Gasteiger partial charge on any atom is 0.220 e. The number of hydrogen-bond donors (Lipinski definition) is 1. The van der Waals surface area contributed by atoms with E-state index in [1.165, 1.54) is 11.3 Å². The van der Waals surface area contributed by atoms with Crippen LogP contribution in [0.25, 0.3) is 11.3 Å². The second-order valence-corrected chi connectivity index (χ2v) is 6.47. The van der Waals surface area contributed by atoms with Gasteiger partial charge in [0.2, 0.25) is 5.91 Å². The Morgan fingerprint density at radius 2 is 2.08 bits per heavy atom. The maximum absolute atomic E-state index is 12.0. The average molecular weight is 339 g/mol. The third-order valence-corrected chi connectivity index (χ3v) is 4.62. The van der Waals surface area contributed by atoms with Crippen molar-refractivity contribution in [1.82, 2.24) is 15.3 Å². The van der Waals surface area contributed by atoms with E-state index in [-0.39, 0.29) is 5.91 Å². The molecule has 2 aromatic rings. The molecular formula is C17H17N5OS. The molecule has 3 rings (SSSR count). The Hall–Kier alpha value is -2.59. The SMILES string of the molecule is C#CCCC1(CCC(=O)NCc2nc(-c3ccncc3)cs2)N=N1. The van der Waals surface area contributed by atoms with Gasteiger partial charge in [0.15, 0.2) is 5.66 Å². The van der Waals surface area contributed by atoms with E-state index in [9.17, 15) is 4.79 Å². The molecule has 0 bridgehead atoms. The summed E-state index contributed by atoms with van der Waals surface area (Å²) >= 11 is 1.53. The van der Waals surface area contributed by atoms with E-state index in [0.29, 0.717) is 25.8 Å². The van der Waals surface area contributed by atoms with Crippen molar-refractivity contribution in [3.05, 3.63) is 34.9 Å². The molecule has 2 aromatic heterocycles. The second kappa shape index (κ2) is 7.32. The van der Waals surface area contributed by atoms with Crippen LogP contribution in [0.4, 0.5) is 0 Å². The van der Waals surface area contributed by atoms with Gasteiger partial charge in [0, 0.05) is 49.0 Å². The van der Waals surface area contributed by atoms with Crippen LogP contribution in [0.1, 0.15) is 30.7 Å². The van der Waals surface area contributed by atoms with Gasteiger partial charge in [0.25, 0.3) is 0 Å². The predicted octanol–water partition coefficient (Wildman–Crippen LogP) is 3.18. The summed E-state index contributed by atoms with van der Waals surface area (Å²) in [5.74, 6) is 2.56. The number of amides is 1. The van der Waals surface area contributed by atoms with Crippen molar-refractivity contribution in [2.24, 2.45) is 10.2 Å². The van der Waals surface area contributed by atoms with Gasteiger partial charge in [-0.1, -0.05) is 0 Å². The molecule has 0 radical (unpaired) electrons. The smallest absolute Gasteiger partial charge is 0.220 e. The number of terminal acetylenes is 1. The van der Waals surface area contributed by atoms with Crippen LogP contribution >= 0.6 is 11.3 Å². The molecule has 0 spiro atoms. The van der Waals surface area contributed by atoms with Crippen molar-refractivity contribution in [2.75, 3.05) is 0 Å². The van der Waals surface area contributed by atoms with E-state index in [2.05, 4.69) is 31.4 Å². The minimum atomic E-state index is -0.403. The number of nitrogens with one attached hydrogen (secondary N) is 1. The van der Waals surface area contributed by atoms with E-state index >= 15 is 0 Å². The average Bonchev–Trinajstić information content (AvgIpc) is 3.23. The number of carbonyl (C=O) groups is 1. The van der Waals surface area contributed by atoms with Gasteiger partial charge in [-0.05, 0) is 12.1 Å². The van der Waals surface area contributed by atoms with Gasteiger partial charge in [-0.3, -0.25) is 9.78 Å². The Morgan fingerprint density at radius 1 is 1.29 bits per heavy atom. The molecule has 3 heterocycles. The molecule has 1 aliphatic rings. The van der Waals surface area contributed by atoms with Gasteiger partial charge in [-0.2, -0.15) is 10.2 Å². The van der Waals surface area contributed by atoms with Gasteiger partial charge in [0.1, 0.15) is 5.01 Å². The van der Waals surface area contributed by atoms with Gasteiger partial charge in [-0.15, -0.1) is 23.7 Å². The fourth-order valence-electron chi connectivity index (χ4n) is 2.29. The lowest BCUT2D eigenvalue weighted by atomic mass is 10.0. The Kier molecular flexibility index (Phi) is 4.96. The Balaban J connectivity index is 1.44. The molecule has 0 fully saturated rings. The normalized spacial score (nSPS) is 14.1. The molecule has 1 amide bonds. The van der Waals surface area contributed by atoms with E-state index in [4.69, 9.17) is 6.42 Å². The summed E-state index contributed by atoms with van der Waals surface area (Å²) < 4.78 is 0. The second-order valence-electron chi connectivity index (χ2n) is 5.53. The summed E-state index contributed by atoms with van der Waals surface area (Å²) in [6.45, 7) is 0.431. The summed E-state index contributed by atoms with van der Waals surface area (Å²) in [4.78, 5) is 20.5. The van der Waals surface area contributed by atoms with Crippen LogP contribution in [-0.2, 0) is 11.3 Å². The van der Waals surface area contributed by atoms with Gasteiger partial charge >= 0.3 is 0 Å². The molecular weight excluding hydrogens is 322 g/mol. The minimum Gasteiger partial charge on any atom is -0.350 e. The van der Waals surface area contributed by atoms with E-state index in [0.717, 1.165) is 22.7 Å². The Labute approximate surface area is 144 Å². The number of thiazole rings is 1. The summed E-state index contributed by atoms with van der Waals surface area (Å²) in [5.41, 5.74) is 1.51. The zero-order valence-electron chi connectivity index (χ0n) is 13.1. The van der Waals surface area contributed by atoms with Gasteiger partial charge < -0.3 is 5.32 Å². The van der Waals surface area contributed by atoms with Crippen molar-refractivity contribution in [3.63, 3.8) is 0 Å². The van der Waals surface area contributed by atoms with E-state index in [1.54, 1.807) is 12.4 Å². The van der Waals surface area contributed by atoms with Crippen LogP contribution in [0.3, 0.4) is 0 Å². The van der Waals surface area contributed by atoms with Crippen molar-refractivity contribution < 1.29 is 4.79 Å². The van der Waals surface area contributed by atoms with Crippen LogP contribution in [-0.4, -0.2) is 21.5 Å². The lowest BCUT2D eigenvalue weighted by Gasteiger charge is -2.08. The number of carbonyl (C=O) groups excluding carboxylic acids is 1. The molecule has 6 nitrogen and oxygen atoms in total. The highest BCUT2D eigenvalue weighted by Crippen LogP contribution is 2.37. The van der Waals surface area contributed by atoms with Gasteiger partial charge in [-0.25, -0.2) is 4.98 Å². The molecule has 0 saturated carbocycles. The Morgan fingerprint density at radius 3 is 2.79 bits per heavy atom. The van der Waals surface area contributed by atoms with Crippen molar-refractivity contribution in [3.8, 4) is 23.6 Å². The molecule has 0 aliphatic carbocycles. The molecule has 1 N–H and O–H groups in total. The summed E-state index contributed by atoms with van der Waals surface area (Å²) in [6, 6.07) is 3.82. The first-order valence-electron chi connectivity index (χ1n) is 7.70. The zero-order chi connectivity index (χ0) is 16.8. The third-order valence-electron chi connectivity index (χ3n) is 3.77. The molecule has 0 saturated heterocycles. The number of nitrogens with zero attached hydrogens (tertiary/aromatic N) is 4. The monoisotopic (exact) mass is 339 g/mol. The van der Waals surface area contributed by atoms with Crippen molar-refractivity contribution >= 4 is 17.2 Å². The highest BCUT2D eigenvalue weighted by Gasteiger charge is 2.39. The van der Waals surface area contributed by atoms with Crippen LogP contribution in [0, 0.1) is 12.3 Å². The number of rotatable bonds is 8. The molecule has 24 heavy (non-hydrogen) atoms. The quantitative estimate of drug-likeness (QED) is 0.750. The fourth-order valence-corrected chi connectivity index (χ4v) is 3.03. The molecule has 0 atom stereocenters. The maximum atomic E-state index is 12.0. The topological polar surface area (TPSA) is 79.6 Å². The minimum absolute atomic E-state index is 0.0203.